The van der Waals surface area contributed by atoms with Crippen LogP contribution < -0.4 is 11.1 Å². The minimum absolute atomic E-state index is 0.110. The minimum Gasteiger partial charge on any atom is -0.393 e. The molecule has 0 saturated carbocycles. The molecule has 3 N–H and O–H groups in total. The van der Waals surface area contributed by atoms with Crippen LogP contribution in [0.2, 0.25) is 0 Å². The van der Waals surface area contributed by atoms with Crippen molar-refractivity contribution in [1.82, 2.24) is 5.32 Å². The van der Waals surface area contributed by atoms with Gasteiger partial charge in [-0.05, 0) is 47.0 Å². The van der Waals surface area contributed by atoms with Gasteiger partial charge < -0.3 is 11.1 Å². The van der Waals surface area contributed by atoms with E-state index in [2.05, 4.69) is 37.2 Å². The highest BCUT2D eigenvalue weighted by molar-refractivity contribution is 9.11. The fourth-order valence-electron chi connectivity index (χ4n) is 1.23. The van der Waals surface area contributed by atoms with Crippen LogP contribution in [0.1, 0.15) is 23.2 Å². The third-order valence-corrected chi connectivity index (χ3v) is 3.45. The first-order valence-electron chi connectivity index (χ1n) is 5.02. The predicted molar refractivity (Wildman–Crippen MR) is 80.2 cm³/mol. The summed E-state index contributed by atoms with van der Waals surface area (Å²) in [6.45, 7) is 0.565. The zero-order chi connectivity index (χ0) is 12.8. The van der Waals surface area contributed by atoms with E-state index >= 15 is 0 Å². The molecule has 0 radical (unpaired) electrons. The smallest absolute Gasteiger partial charge is 0.252 e. The van der Waals surface area contributed by atoms with Gasteiger partial charge in [0.15, 0.2) is 0 Å². The summed E-state index contributed by atoms with van der Waals surface area (Å²) in [5.41, 5.74) is 5.98. The lowest BCUT2D eigenvalue weighted by atomic mass is 10.2. The molecule has 0 saturated heterocycles. The number of hydrogen-bond acceptors (Lipinski definition) is 2. The zero-order valence-electron chi connectivity index (χ0n) is 9.00. The second-order valence-electron chi connectivity index (χ2n) is 3.45. The number of thiocarbonyl (C=S) groups is 1. The van der Waals surface area contributed by atoms with Gasteiger partial charge in [0.1, 0.15) is 0 Å². The molecule has 6 heteroatoms. The molecule has 92 valence electrons. The lowest BCUT2D eigenvalue weighted by Crippen LogP contribution is -2.25. The fourth-order valence-corrected chi connectivity index (χ4v) is 2.16. The van der Waals surface area contributed by atoms with E-state index in [-0.39, 0.29) is 5.91 Å². The lowest BCUT2D eigenvalue weighted by molar-refractivity contribution is 0.0952. The number of carbonyl (C=O) groups excluding carboxylic acids is 1. The fraction of sp³-hybridized carbons (Fsp3) is 0.273. The van der Waals surface area contributed by atoms with Gasteiger partial charge in [0, 0.05) is 15.5 Å². The highest BCUT2D eigenvalue weighted by Gasteiger charge is 2.09. The van der Waals surface area contributed by atoms with Crippen LogP contribution in [0.5, 0.6) is 0 Å². The Morgan fingerprint density at radius 1 is 1.41 bits per heavy atom. The molecule has 1 amide bonds. The molecular weight excluding hydrogens is 368 g/mol. The van der Waals surface area contributed by atoms with Crippen LogP contribution >= 0.6 is 44.1 Å². The molecule has 0 fully saturated rings. The van der Waals surface area contributed by atoms with E-state index in [1.165, 1.54) is 0 Å². The molecule has 0 aliphatic carbocycles. The summed E-state index contributed by atoms with van der Waals surface area (Å²) in [6.07, 6.45) is 1.40. The van der Waals surface area contributed by atoms with Gasteiger partial charge in [-0.15, -0.1) is 0 Å². The van der Waals surface area contributed by atoms with Gasteiger partial charge in [0.2, 0.25) is 0 Å². The Kier molecular flexibility index (Phi) is 6.08. The van der Waals surface area contributed by atoms with E-state index in [4.69, 9.17) is 18.0 Å². The normalized spacial score (nSPS) is 10.0. The van der Waals surface area contributed by atoms with Crippen LogP contribution in [0.25, 0.3) is 0 Å². The Balaban J connectivity index is 2.52. The van der Waals surface area contributed by atoms with E-state index in [0.29, 0.717) is 23.5 Å². The first-order valence-corrected chi connectivity index (χ1v) is 7.01. The van der Waals surface area contributed by atoms with Crippen molar-refractivity contribution >= 4 is 55.0 Å². The van der Waals surface area contributed by atoms with Gasteiger partial charge in [-0.1, -0.05) is 28.1 Å². The maximum atomic E-state index is 11.8. The molecule has 0 bridgehead atoms. The second kappa shape index (κ2) is 7.08. The summed E-state index contributed by atoms with van der Waals surface area (Å²) < 4.78 is 1.64. The number of halogens is 2. The number of nitrogens with two attached hydrogens (primary N) is 1. The van der Waals surface area contributed by atoms with Gasteiger partial charge in [-0.2, -0.15) is 0 Å². The SMILES string of the molecule is NC(=S)CCCNC(=O)c1cc(Br)ccc1Br. The van der Waals surface area contributed by atoms with E-state index in [1.807, 2.05) is 12.1 Å². The van der Waals surface area contributed by atoms with E-state index in [1.54, 1.807) is 6.07 Å². The molecule has 0 atom stereocenters. The molecule has 0 unspecified atom stereocenters. The summed E-state index contributed by atoms with van der Waals surface area (Å²) in [4.78, 5) is 12.3. The first kappa shape index (κ1) is 14.6. The van der Waals surface area contributed by atoms with Gasteiger partial charge in [-0.25, -0.2) is 0 Å². The molecule has 1 aromatic carbocycles. The quantitative estimate of drug-likeness (QED) is 0.610. The highest BCUT2D eigenvalue weighted by Crippen LogP contribution is 2.21. The molecular formula is C11H12Br2N2OS. The van der Waals surface area contributed by atoms with Gasteiger partial charge >= 0.3 is 0 Å². The summed E-state index contributed by atoms with van der Waals surface area (Å²) in [5, 5.41) is 2.82. The van der Waals surface area contributed by atoms with Crippen LogP contribution in [-0.2, 0) is 0 Å². The molecule has 0 aromatic heterocycles. The van der Waals surface area contributed by atoms with Crippen molar-refractivity contribution in [3.05, 3.63) is 32.7 Å². The summed E-state index contributed by atoms with van der Waals surface area (Å²) >= 11 is 11.4. The summed E-state index contributed by atoms with van der Waals surface area (Å²) in [6, 6.07) is 5.47. The summed E-state index contributed by atoms with van der Waals surface area (Å²) in [5.74, 6) is -0.110. The topological polar surface area (TPSA) is 55.1 Å². The molecule has 1 aromatic rings. The predicted octanol–water partition coefficient (Wildman–Crippen LogP) is 3.01. The van der Waals surface area contributed by atoms with Crippen LogP contribution in [0.3, 0.4) is 0 Å². The number of hydrogen-bond donors (Lipinski definition) is 2. The van der Waals surface area contributed by atoms with Crippen LogP contribution in [0.4, 0.5) is 0 Å². The Bertz CT molecular complexity index is 437. The van der Waals surface area contributed by atoms with E-state index < -0.39 is 0 Å². The lowest BCUT2D eigenvalue weighted by Gasteiger charge is -2.07. The molecule has 0 aliphatic heterocycles. The standard InChI is InChI=1S/C11H12Br2N2OS/c12-7-3-4-9(13)8(6-7)11(16)15-5-1-2-10(14)17/h3-4,6H,1-2,5H2,(H2,14,17)(H,15,16). The number of amides is 1. The van der Waals surface area contributed by atoms with Crippen molar-refractivity contribution in [3.8, 4) is 0 Å². The van der Waals surface area contributed by atoms with Crippen molar-refractivity contribution in [2.75, 3.05) is 6.54 Å². The second-order valence-corrected chi connectivity index (χ2v) is 5.74. The van der Waals surface area contributed by atoms with Crippen LogP contribution in [-0.4, -0.2) is 17.4 Å². The molecule has 1 rings (SSSR count). The Morgan fingerprint density at radius 3 is 2.76 bits per heavy atom. The Hall–Kier alpha value is -0.460. The maximum Gasteiger partial charge on any atom is 0.252 e. The van der Waals surface area contributed by atoms with Crippen molar-refractivity contribution in [1.29, 1.82) is 0 Å². The number of carbonyl (C=O) groups is 1. The third-order valence-electron chi connectivity index (χ3n) is 2.06. The number of rotatable bonds is 5. The molecule has 0 spiro atoms. The van der Waals surface area contributed by atoms with Gasteiger partial charge in [0.05, 0.1) is 10.6 Å². The van der Waals surface area contributed by atoms with E-state index in [0.717, 1.165) is 15.4 Å². The van der Waals surface area contributed by atoms with Crippen LogP contribution in [0, 0.1) is 0 Å². The molecule has 0 aliphatic rings. The number of nitrogens with one attached hydrogen (secondary N) is 1. The average molecular weight is 380 g/mol. The monoisotopic (exact) mass is 378 g/mol. The third kappa shape index (κ3) is 5.14. The molecule has 17 heavy (non-hydrogen) atoms. The van der Waals surface area contributed by atoms with Gasteiger partial charge in [-0.3, -0.25) is 4.79 Å². The first-order chi connectivity index (χ1) is 8.00. The molecule has 0 heterocycles. The minimum atomic E-state index is -0.110. The maximum absolute atomic E-state index is 11.8. The Morgan fingerprint density at radius 2 is 2.12 bits per heavy atom. The van der Waals surface area contributed by atoms with Crippen molar-refractivity contribution in [3.63, 3.8) is 0 Å². The summed E-state index contributed by atoms with van der Waals surface area (Å²) in [7, 11) is 0. The highest BCUT2D eigenvalue weighted by atomic mass is 79.9. The zero-order valence-corrected chi connectivity index (χ0v) is 13.0. The van der Waals surface area contributed by atoms with Crippen molar-refractivity contribution < 1.29 is 4.79 Å². The van der Waals surface area contributed by atoms with E-state index in [9.17, 15) is 4.79 Å². The van der Waals surface area contributed by atoms with Crippen molar-refractivity contribution in [2.45, 2.75) is 12.8 Å². The average Bonchev–Trinajstić information content (AvgIpc) is 2.27. The number of benzene rings is 1. The van der Waals surface area contributed by atoms with Crippen molar-refractivity contribution in [2.24, 2.45) is 5.73 Å². The largest absolute Gasteiger partial charge is 0.393 e. The van der Waals surface area contributed by atoms with Gasteiger partial charge in [0.25, 0.3) is 5.91 Å². The molecule has 3 nitrogen and oxygen atoms in total. The Labute approximate surface area is 122 Å². The van der Waals surface area contributed by atoms with Crippen LogP contribution in [0.15, 0.2) is 27.1 Å².